The normalized spacial score (nSPS) is 15.0. The molecule has 0 atom stereocenters. The predicted octanol–water partition coefficient (Wildman–Crippen LogP) is 3.49. The smallest absolute Gasteiger partial charge is 0.335 e. The van der Waals surface area contributed by atoms with Crippen molar-refractivity contribution in [3.05, 3.63) is 56.2 Å². The van der Waals surface area contributed by atoms with E-state index in [1.165, 1.54) is 13.2 Å². The number of nitrogens with one attached hydrogen (secondary N) is 1. The number of urea groups is 1. The van der Waals surface area contributed by atoms with E-state index in [-0.39, 0.29) is 12.2 Å². The molecular weight excluding hydrogens is 513 g/mol. The summed E-state index contributed by atoms with van der Waals surface area (Å²) in [5, 5.41) is 11.0. The second-order valence-electron chi connectivity index (χ2n) is 6.71. The Labute approximate surface area is 192 Å². The number of methoxy groups -OCH3 is 1. The summed E-state index contributed by atoms with van der Waals surface area (Å²) in [7, 11) is 1.44. The van der Waals surface area contributed by atoms with Crippen LogP contribution in [0.2, 0.25) is 0 Å². The Kier molecular flexibility index (Phi) is 6.60. The van der Waals surface area contributed by atoms with E-state index in [1.54, 1.807) is 30.3 Å². The number of aryl methyl sites for hydroxylation is 2. The first kappa shape index (κ1) is 22.3. The van der Waals surface area contributed by atoms with Crippen LogP contribution in [0.4, 0.5) is 10.5 Å². The van der Waals surface area contributed by atoms with Gasteiger partial charge in [0.2, 0.25) is 0 Å². The molecule has 2 aromatic carbocycles. The van der Waals surface area contributed by atoms with Gasteiger partial charge in [0.1, 0.15) is 11.6 Å². The van der Waals surface area contributed by atoms with E-state index in [1.807, 2.05) is 42.5 Å². The van der Waals surface area contributed by atoms with Crippen molar-refractivity contribution in [1.29, 1.82) is 5.26 Å². The lowest BCUT2D eigenvalue weighted by atomic mass is 10.0. The van der Waals surface area contributed by atoms with Gasteiger partial charge in [-0.05, 0) is 83.5 Å². The Morgan fingerprint density at radius 3 is 2.55 bits per heavy atom. The minimum atomic E-state index is -0.803. The molecule has 0 aromatic heterocycles. The quantitative estimate of drug-likeness (QED) is 0.360. The highest BCUT2D eigenvalue weighted by Crippen LogP contribution is 2.35. The van der Waals surface area contributed by atoms with Gasteiger partial charge >= 0.3 is 6.03 Å². The molecule has 0 aliphatic carbocycles. The molecule has 0 bridgehead atoms. The zero-order valence-corrected chi connectivity index (χ0v) is 19.1. The fraction of sp³-hybridized carbons (Fsp3) is 0.182. The number of carbonyl (C=O) groups excluding carboxylic acids is 3. The van der Waals surface area contributed by atoms with Crippen molar-refractivity contribution >= 4 is 52.2 Å². The minimum Gasteiger partial charge on any atom is -0.493 e. The van der Waals surface area contributed by atoms with Gasteiger partial charge in [-0.2, -0.15) is 5.26 Å². The summed E-state index contributed by atoms with van der Waals surface area (Å²) in [6, 6.07) is 9.52. The molecule has 158 valence electrons. The molecule has 31 heavy (non-hydrogen) atoms. The van der Waals surface area contributed by atoms with Crippen LogP contribution in [-0.2, 0) is 9.59 Å². The summed E-state index contributed by atoms with van der Waals surface area (Å²) in [4.78, 5) is 38.8. The maximum Gasteiger partial charge on any atom is 0.335 e. The average molecular weight is 531 g/mol. The molecule has 1 aliphatic rings. The second-order valence-corrected chi connectivity index (χ2v) is 7.87. The van der Waals surface area contributed by atoms with E-state index in [0.717, 1.165) is 16.0 Å². The predicted molar refractivity (Wildman–Crippen MR) is 122 cm³/mol. The Balaban J connectivity index is 2.03. The summed E-state index contributed by atoms with van der Waals surface area (Å²) in [5.41, 5.74) is 2.60. The molecule has 1 N–H and O–H groups in total. The summed E-state index contributed by atoms with van der Waals surface area (Å²) < 4.78 is 11.3. The lowest BCUT2D eigenvalue weighted by Crippen LogP contribution is -2.54. The first-order valence-corrected chi connectivity index (χ1v) is 10.2. The summed E-state index contributed by atoms with van der Waals surface area (Å²) in [6.07, 6.45) is 1.39. The molecule has 8 nitrogen and oxygen atoms in total. The van der Waals surface area contributed by atoms with Crippen LogP contribution in [-0.4, -0.2) is 31.6 Å². The van der Waals surface area contributed by atoms with Crippen molar-refractivity contribution in [3.63, 3.8) is 0 Å². The standard InChI is InChI=1S/C22H18IN3O5/c1-12-4-5-15(8-13(12)2)26-21(28)16(20(27)25-22(26)29)9-14-10-17(23)19(31-7-6-24)18(11-14)30-3/h4-5,8-11H,7H2,1-3H3,(H,25,27,29)/b16-9+. The number of ether oxygens (including phenoxy) is 2. The third kappa shape index (κ3) is 4.54. The van der Waals surface area contributed by atoms with Crippen molar-refractivity contribution in [2.45, 2.75) is 13.8 Å². The fourth-order valence-electron chi connectivity index (χ4n) is 2.99. The molecule has 0 unspecified atom stereocenters. The van der Waals surface area contributed by atoms with E-state index < -0.39 is 17.8 Å². The molecule has 1 saturated heterocycles. The number of carbonyl (C=O) groups is 3. The maximum absolute atomic E-state index is 13.1. The molecule has 2 aromatic rings. The van der Waals surface area contributed by atoms with Gasteiger partial charge < -0.3 is 9.47 Å². The Morgan fingerprint density at radius 2 is 1.90 bits per heavy atom. The first-order valence-electron chi connectivity index (χ1n) is 9.12. The number of barbiturate groups is 1. The third-order valence-corrected chi connectivity index (χ3v) is 5.50. The molecular formula is C22H18IN3O5. The Bertz CT molecular complexity index is 1170. The Morgan fingerprint density at radius 1 is 1.16 bits per heavy atom. The van der Waals surface area contributed by atoms with Crippen molar-refractivity contribution in [2.24, 2.45) is 0 Å². The van der Waals surface area contributed by atoms with Crippen LogP contribution >= 0.6 is 22.6 Å². The van der Waals surface area contributed by atoms with Gasteiger partial charge in [-0.1, -0.05) is 6.07 Å². The van der Waals surface area contributed by atoms with Crippen LogP contribution in [0.15, 0.2) is 35.9 Å². The first-order chi connectivity index (χ1) is 14.8. The van der Waals surface area contributed by atoms with Crippen molar-refractivity contribution < 1.29 is 23.9 Å². The highest BCUT2D eigenvalue weighted by atomic mass is 127. The number of hydrogen-bond donors (Lipinski definition) is 1. The van der Waals surface area contributed by atoms with Crippen LogP contribution in [0.1, 0.15) is 16.7 Å². The second kappa shape index (κ2) is 9.18. The van der Waals surface area contributed by atoms with Crippen LogP contribution in [0.3, 0.4) is 0 Å². The average Bonchev–Trinajstić information content (AvgIpc) is 2.72. The van der Waals surface area contributed by atoms with Crippen LogP contribution in [0, 0.1) is 28.7 Å². The third-order valence-electron chi connectivity index (χ3n) is 4.69. The number of nitriles is 1. The minimum absolute atomic E-state index is 0.152. The van der Waals surface area contributed by atoms with E-state index in [2.05, 4.69) is 5.32 Å². The molecule has 9 heteroatoms. The lowest BCUT2D eigenvalue weighted by molar-refractivity contribution is -0.122. The number of hydrogen-bond acceptors (Lipinski definition) is 6. The van der Waals surface area contributed by atoms with Gasteiger partial charge in [0.25, 0.3) is 11.8 Å². The molecule has 3 rings (SSSR count). The highest BCUT2D eigenvalue weighted by molar-refractivity contribution is 14.1. The van der Waals surface area contributed by atoms with E-state index in [4.69, 9.17) is 14.7 Å². The van der Waals surface area contributed by atoms with Crippen molar-refractivity contribution in [2.75, 3.05) is 18.6 Å². The summed E-state index contributed by atoms with van der Waals surface area (Å²) in [6.45, 7) is 3.64. The van der Waals surface area contributed by atoms with Gasteiger partial charge in [-0.15, -0.1) is 0 Å². The van der Waals surface area contributed by atoms with Gasteiger partial charge in [-0.3, -0.25) is 14.9 Å². The van der Waals surface area contributed by atoms with Crippen LogP contribution in [0.25, 0.3) is 6.08 Å². The van der Waals surface area contributed by atoms with Crippen molar-refractivity contribution in [1.82, 2.24) is 5.32 Å². The van der Waals surface area contributed by atoms with E-state index in [9.17, 15) is 14.4 Å². The largest absolute Gasteiger partial charge is 0.493 e. The molecule has 0 radical (unpaired) electrons. The number of halogens is 1. The monoisotopic (exact) mass is 531 g/mol. The summed E-state index contributed by atoms with van der Waals surface area (Å²) >= 11 is 2.01. The number of benzene rings is 2. The van der Waals surface area contributed by atoms with Crippen molar-refractivity contribution in [3.8, 4) is 17.6 Å². The highest BCUT2D eigenvalue weighted by Gasteiger charge is 2.37. The number of nitrogens with zero attached hydrogens (tertiary/aromatic N) is 2. The maximum atomic E-state index is 13.1. The molecule has 1 aliphatic heterocycles. The van der Waals surface area contributed by atoms with Gasteiger partial charge in [0.15, 0.2) is 18.1 Å². The summed E-state index contributed by atoms with van der Waals surface area (Å²) in [5.74, 6) is -0.775. The number of anilines is 1. The van der Waals surface area contributed by atoms with E-state index >= 15 is 0 Å². The number of rotatable bonds is 5. The van der Waals surface area contributed by atoms with E-state index in [0.29, 0.717) is 26.3 Å². The number of imide groups is 2. The Hall–Kier alpha value is -3.39. The van der Waals surface area contributed by atoms with Gasteiger partial charge in [-0.25, -0.2) is 9.69 Å². The van der Waals surface area contributed by atoms with Gasteiger partial charge in [0, 0.05) is 0 Å². The molecule has 1 fully saturated rings. The molecule has 4 amide bonds. The SMILES string of the molecule is COc1cc(/C=C2\C(=O)NC(=O)N(c3ccc(C)c(C)c3)C2=O)cc(I)c1OCC#N. The van der Waals surface area contributed by atoms with Crippen LogP contribution < -0.4 is 19.7 Å². The molecule has 0 spiro atoms. The van der Waals surface area contributed by atoms with Gasteiger partial charge in [0.05, 0.1) is 16.4 Å². The van der Waals surface area contributed by atoms with Crippen LogP contribution in [0.5, 0.6) is 11.5 Å². The zero-order chi connectivity index (χ0) is 22.7. The fourth-order valence-corrected chi connectivity index (χ4v) is 3.77. The molecule has 0 saturated carbocycles. The number of amides is 4. The lowest BCUT2D eigenvalue weighted by Gasteiger charge is -2.27. The topological polar surface area (TPSA) is 109 Å². The zero-order valence-electron chi connectivity index (χ0n) is 17.0. The molecule has 1 heterocycles.